The van der Waals surface area contributed by atoms with E-state index in [9.17, 15) is 0 Å². The molecule has 1 atom stereocenters. The van der Waals surface area contributed by atoms with Gasteiger partial charge in [-0.1, -0.05) is 71.3 Å². The molecule has 1 saturated carbocycles. The summed E-state index contributed by atoms with van der Waals surface area (Å²) in [4.78, 5) is 2.72. The number of hydrogen-bond acceptors (Lipinski definition) is 2. The van der Waals surface area contributed by atoms with Crippen molar-refractivity contribution in [3.63, 3.8) is 0 Å². The van der Waals surface area contributed by atoms with Gasteiger partial charge in [0.15, 0.2) is 0 Å². The standard InChI is InChI=1S/C22H36N2/c1-3-4-5-6-10-15-22(2)17-24(19-11-8-7-9-12-19)21-16-18(23)13-14-20(21)22/h13-14,16,19H,3-12,15,17,23H2,1-2H3. The molecular weight excluding hydrogens is 292 g/mol. The molecule has 0 bridgehead atoms. The third kappa shape index (κ3) is 3.73. The third-order valence-corrected chi connectivity index (χ3v) is 6.35. The lowest BCUT2D eigenvalue weighted by Gasteiger charge is -2.35. The minimum Gasteiger partial charge on any atom is -0.399 e. The van der Waals surface area contributed by atoms with Gasteiger partial charge in [-0.15, -0.1) is 0 Å². The smallest absolute Gasteiger partial charge is 0.0428 e. The summed E-state index contributed by atoms with van der Waals surface area (Å²) in [7, 11) is 0. The molecule has 0 aromatic heterocycles. The van der Waals surface area contributed by atoms with Crippen molar-refractivity contribution >= 4 is 11.4 Å². The van der Waals surface area contributed by atoms with E-state index >= 15 is 0 Å². The zero-order valence-electron chi connectivity index (χ0n) is 15.8. The second kappa shape index (κ2) is 7.80. The van der Waals surface area contributed by atoms with E-state index in [1.165, 1.54) is 82.9 Å². The van der Waals surface area contributed by atoms with Gasteiger partial charge in [0.1, 0.15) is 0 Å². The SMILES string of the molecule is CCCCCCCC1(C)CN(C2CCCCC2)c2cc(N)ccc21. The Kier molecular flexibility index (Phi) is 5.73. The molecular formula is C22H36N2. The van der Waals surface area contributed by atoms with Gasteiger partial charge in [-0.3, -0.25) is 0 Å². The molecule has 1 aliphatic heterocycles. The number of benzene rings is 1. The molecule has 1 fully saturated rings. The van der Waals surface area contributed by atoms with Crippen molar-refractivity contribution in [3.8, 4) is 0 Å². The van der Waals surface area contributed by atoms with Crippen LogP contribution in [-0.4, -0.2) is 12.6 Å². The maximum Gasteiger partial charge on any atom is 0.0428 e. The number of fused-ring (bicyclic) bond motifs is 1. The fourth-order valence-corrected chi connectivity index (χ4v) is 4.89. The van der Waals surface area contributed by atoms with Crippen LogP contribution in [0, 0.1) is 0 Å². The Bertz CT molecular complexity index is 533. The average molecular weight is 329 g/mol. The van der Waals surface area contributed by atoms with Gasteiger partial charge in [0.25, 0.3) is 0 Å². The Balaban J connectivity index is 1.74. The van der Waals surface area contributed by atoms with E-state index in [0.717, 1.165) is 11.7 Å². The van der Waals surface area contributed by atoms with E-state index < -0.39 is 0 Å². The molecule has 0 saturated heterocycles. The predicted octanol–water partition coefficient (Wildman–Crippen LogP) is 6.04. The summed E-state index contributed by atoms with van der Waals surface area (Å²) in [5.74, 6) is 0. The van der Waals surface area contributed by atoms with Crippen molar-refractivity contribution in [2.75, 3.05) is 17.2 Å². The van der Waals surface area contributed by atoms with Gasteiger partial charge < -0.3 is 10.6 Å². The number of nitrogens with zero attached hydrogens (tertiary/aromatic N) is 1. The average Bonchev–Trinajstić information content (AvgIpc) is 2.88. The van der Waals surface area contributed by atoms with E-state index in [1.54, 1.807) is 5.56 Å². The Morgan fingerprint density at radius 2 is 1.83 bits per heavy atom. The van der Waals surface area contributed by atoms with Crippen molar-refractivity contribution in [1.29, 1.82) is 0 Å². The van der Waals surface area contributed by atoms with Crippen molar-refractivity contribution in [3.05, 3.63) is 23.8 Å². The van der Waals surface area contributed by atoms with Crippen molar-refractivity contribution in [1.82, 2.24) is 0 Å². The van der Waals surface area contributed by atoms with Crippen molar-refractivity contribution < 1.29 is 0 Å². The molecule has 1 unspecified atom stereocenters. The summed E-state index contributed by atoms with van der Waals surface area (Å²) < 4.78 is 0. The zero-order chi connectivity index (χ0) is 17.0. The van der Waals surface area contributed by atoms with Gasteiger partial charge in [-0.25, -0.2) is 0 Å². The largest absolute Gasteiger partial charge is 0.399 e. The predicted molar refractivity (Wildman–Crippen MR) is 106 cm³/mol. The molecule has 134 valence electrons. The van der Waals surface area contributed by atoms with Crippen LogP contribution < -0.4 is 10.6 Å². The van der Waals surface area contributed by atoms with Crippen LogP contribution >= 0.6 is 0 Å². The molecule has 1 aromatic rings. The van der Waals surface area contributed by atoms with Crippen LogP contribution in [-0.2, 0) is 5.41 Å². The lowest BCUT2D eigenvalue weighted by molar-refractivity contribution is 0.377. The lowest BCUT2D eigenvalue weighted by atomic mass is 9.79. The molecule has 0 spiro atoms. The number of unbranched alkanes of at least 4 members (excludes halogenated alkanes) is 4. The second-order valence-electron chi connectivity index (χ2n) is 8.42. The maximum atomic E-state index is 6.14. The highest BCUT2D eigenvalue weighted by Crippen LogP contribution is 2.46. The van der Waals surface area contributed by atoms with Gasteiger partial charge in [-0.2, -0.15) is 0 Å². The Morgan fingerprint density at radius 1 is 1.08 bits per heavy atom. The van der Waals surface area contributed by atoms with Gasteiger partial charge in [0.05, 0.1) is 0 Å². The monoisotopic (exact) mass is 328 g/mol. The number of nitrogens with two attached hydrogens (primary N) is 1. The van der Waals surface area contributed by atoms with E-state index in [2.05, 4.69) is 36.9 Å². The van der Waals surface area contributed by atoms with Crippen LogP contribution in [0.3, 0.4) is 0 Å². The fourth-order valence-electron chi connectivity index (χ4n) is 4.89. The first-order chi connectivity index (χ1) is 11.6. The lowest BCUT2D eigenvalue weighted by Crippen LogP contribution is -2.39. The van der Waals surface area contributed by atoms with Crippen molar-refractivity contribution in [2.45, 2.75) is 95.9 Å². The molecule has 2 N–H and O–H groups in total. The van der Waals surface area contributed by atoms with Crippen LogP contribution in [0.5, 0.6) is 0 Å². The maximum absolute atomic E-state index is 6.14. The number of anilines is 2. The molecule has 24 heavy (non-hydrogen) atoms. The number of rotatable bonds is 7. The van der Waals surface area contributed by atoms with E-state index in [1.807, 2.05) is 0 Å². The molecule has 1 heterocycles. The first-order valence-electron chi connectivity index (χ1n) is 10.3. The van der Waals surface area contributed by atoms with E-state index in [-0.39, 0.29) is 0 Å². The van der Waals surface area contributed by atoms with Gasteiger partial charge >= 0.3 is 0 Å². The third-order valence-electron chi connectivity index (χ3n) is 6.35. The van der Waals surface area contributed by atoms with Gasteiger partial charge in [0.2, 0.25) is 0 Å². The van der Waals surface area contributed by atoms with Crippen LogP contribution in [0.25, 0.3) is 0 Å². The summed E-state index contributed by atoms with van der Waals surface area (Å²) in [6.45, 7) is 5.98. The Morgan fingerprint density at radius 3 is 2.58 bits per heavy atom. The summed E-state index contributed by atoms with van der Waals surface area (Å²) in [5.41, 5.74) is 10.4. The van der Waals surface area contributed by atoms with Crippen molar-refractivity contribution in [2.24, 2.45) is 0 Å². The molecule has 2 aliphatic rings. The normalized spacial score (nSPS) is 24.3. The molecule has 2 heteroatoms. The van der Waals surface area contributed by atoms with E-state index in [4.69, 9.17) is 5.73 Å². The van der Waals surface area contributed by atoms with Crippen LogP contribution in [0.15, 0.2) is 18.2 Å². The Hall–Kier alpha value is -1.18. The van der Waals surface area contributed by atoms with Crippen LogP contribution in [0.1, 0.15) is 90.0 Å². The molecule has 3 rings (SSSR count). The first-order valence-corrected chi connectivity index (χ1v) is 10.3. The highest BCUT2D eigenvalue weighted by atomic mass is 15.2. The topological polar surface area (TPSA) is 29.3 Å². The fraction of sp³-hybridized carbons (Fsp3) is 0.727. The quantitative estimate of drug-likeness (QED) is 0.488. The summed E-state index contributed by atoms with van der Waals surface area (Å²) in [6, 6.07) is 7.41. The number of hydrogen-bond donors (Lipinski definition) is 1. The molecule has 1 aromatic carbocycles. The van der Waals surface area contributed by atoms with E-state index in [0.29, 0.717) is 5.41 Å². The molecule has 1 aliphatic carbocycles. The first kappa shape index (κ1) is 17.6. The second-order valence-corrected chi connectivity index (χ2v) is 8.42. The Labute approximate surface area is 148 Å². The minimum atomic E-state index is 0.312. The minimum absolute atomic E-state index is 0.312. The van der Waals surface area contributed by atoms with Gasteiger partial charge in [0, 0.05) is 29.4 Å². The summed E-state index contributed by atoms with van der Waals surface area (Å²) in [6.07, 6.45) is 15.1. The zero-order valence-corrected chi connectivity index (χ0v) is 15.8. The highest BCUT2D eigenvalue weighted by Gasteiger charge is 2.40. The van der Waals surface area contributed by atoms with Gasteiger partial charge in [-0.05, 0) is 37.0 Å². The molecule has 0 radical (unpaired) electrons. The summed E-state index contributed by atoms with van der Waals surface area (Å²) >= 11 is 0. The summed E-state index contributed by atoms with van der Waals surface area (Å²) in [5, 5.41) is 0. The molecule has 2 nitrogen and oxygen atoms in total. The highest BCUT2D eigenvalue weighted by molar-refractivity contribution is 5.68. The molecule has 0 amide bonds. The van der Waals surface area contributed by atoms with Crippen LogP contribution in [0.2, 0.25) is 0 Å². The number of nitrogen functional groups attached to an aromatic ring is 1. The van der Waals surface area contributed by atoms with Crippen LogP contribution in [0.4, 0.5) is 11.4 Å².